The van der Waals surface area contributed by atoms with Crippen LogP contribution in [0.5, 0.6) is 11.6 Å². The Morgan fingerprint density at radius 2 is 2.11 bits per heavy atom. The van der Waals surface area contributed by atoms with Crippen LogP contribution in [0.2, 0.25) is 5.02 Å². The number of halogens is 2. The van der Waals surface area contributed by atoms with Crippen molar-refractivity contribution in [1.29, 1.82) is 0 Å². The molecule has 1 aromatic heterocycles. The van der Waals surface area contributed by atoms with E-state index in [0.29, 0.717) is 5.69 Å². The van der Waals surface area contributed by atoms with Crippen molar-refractivity contribution in [3.63, 3.8) is 0 Å². The first kappa shape index (κ1) is 12.7. The molecule has 0 radical (unpaired) electrons. The van der Waals surface area contributed by atoms with E-state index in [-0.39, 0.29) is 21.6 Å². The van der Waals surface area contributed by atoms with E-state index in [9.17, 15) is 4.39 Å². The number of nitrogens with zero attached hydrogens (tertiary/aromatic N) is 2. The van der Waals surface area contributed by atoms with Crippen LogP contribution in [-0.4, -0.2) is 15.0 Å². The molecule has 0 aliphatic carbocycles. The predicted octanol–water partition coefficient (Wildman–Crippen LogP) is 2.70. The van der Waals surface area contributed by atoms with Gasteiger partial charge in [0.15, 0.2) is 11.6 Å². The maximum absolute atomic E-state index is 13.5. The van der Waals surface area contributed by atoms with Gasteiger partial charge in [-0.15, -0.1) is 0 Å². The first-order valence-electron chi connectivity index (χ1n) is 4.81. The maximum Gasteiger partial charge on any atom is 0.238 e. The van der Waals surface area contributed by atoms with Crippen molar-refractivity contribution in [2.75, 3.05) is 0 Å². The molecule has 0 spiro atoms. The first-order chi connectivity index (χ1) is 8.58. The molecule has 0 unspecified atom stereocenters. The Kier molecular flexibility index (Phi) is 3.69. The molecule has 0 saturated carbocycles. The van der Waals surface area contributed by atoms with E-state index in [1.54, 1.807) is 6.07 Å². The smallest absolute Gasteiger partial charge is 0.238 e. The fraction of sp³-hybridized carbons (Fsp3) is 0. The molecule has 7 heteroatoms. The molecule has 2 rings (SSSR count). The molecule has 0 aliphatic rings. The summed E-state index contributed by atoms with van der Waals surface area (Å²) >= 11 is 10.4. The van der Waals surface area contributed by atoms with Crippen molar-refractivity contribution < 1.29 is 9.13 Å². The average molecular weight is 284 g/mol. The summed E-state index contributed by atoms with van der Waals surface area (Å²) in [6, 6.07) is 4.42. The van der Waals surface area contributed by atoms with Crippen molar-refractivity contribution in [2.24, 2.45) is 5.73 Å². The van der Waals surface area contributed by atoms with E-state index in [4.69, 9.17) is 34.3 Å². The van der Waals surface area contributed by atoms with Crippen LogP contribution in [0.1, 0.15) is 5.69 Å². The van der Waals surface area contributed by atoms with E-state index in [1.807, 2.05) is 0 Å². The summed E-state index contributed by atoms with van der Waals surface area (Å²) in [6.07, 6.45) is 2.65. The Balaban J connectivity index is 2.24. The second kappa shape index (κ2) is 5.24. The third-order valence-electron chi connectivity index (χ3n) is 2.01. The van der Waals surface area contributed by atoms with Gasteiger partial charge in [0.1, 0.15) is 10.7 Å². The highest BCUT2D eigenvalue weighted by atomic mass is 35.5. The molecule has 1 heterocycles. The van der Waals surface area contributed by atoms with Gasteiger partial charge in [0, 0.05) is 0 Å². The molecule has 0 atom stereocenters. The summed E-state index contributed by atoms with van der Waals surface area (Å²) in [6.45, 7) is 0. The summed E-state index contributed by atoms with van der Waals surface area (Å²) < 4.78 is 18.8. The van der Waals surface area contributed by atoms with Crippen LogP contribution in [-0.2, 0) is 0 Å². The second-order valence-corrected chi connectivity index (χ2v) is 4.11. The molecule has 0 bridgehead atoms. The van der Waals surface area contributed by atoms with Crippen LogP contribution < -0.4 is 10.5 Å². The molecule has 2 aromatic rings. The predicted molar refractivity (Wildman–Crippen MR) is 69.4 cm³/mol. The van der Waals surface area contributed by atoms with E-state index in [1.165, 1.54) is 24.5 Å². The van der Waals surface area contributed by atoms with E-state index >= 15 is 0 Å². The van der Waals surface area contributed by atoms with Crippen molar-refractivity contribution >= 4 is 28.8 Å². The van der Waals surface area contributed by atoms with Crippen molar-refractivity contribution in [3.05, 3.63) is 47.1 Å². The Morgan fingerprint density at radius 1 is 1.33 bits per heavy atom. The third kappa shape index (κ3) is 2.72. The minimum atomic E-state index is -0.653. The number of rotatable bonds is 3. The van der Waals surface area contributed by atoms with Gasteiger partial charge >= 0.3 is 0 Å². The standard InChI is InChI=1S/C11H7ClFN3OS/c12-6-2-1-3-8(10(6)13)17-9-5-15-7(4-16-9)11(14)18/h1-5H,(H2,14,18). The van der Waals surface area contributed by atoms with Gasteiger partial charge in [-0.2, -0.15) is 0 Å². The Morgan fingerprint density at radius 3 is 2.72 bits per heavy atom. The van der Waals surface area contributed by atoms with Gasteiger partial charge in [-0.1, -0.05) is 29.9 Å². The van der Waals surface area contributed by atoms with Gasteiger partial charge in [-0.3, -0.25) is 0 Å². The van der Waals surface area contributed by atoms with Crippen LogP contribution in [0.3, 0.4) is 0 Å². The van der Waals surface area contributed by atoms with Gasteiger partial charge in [-0.05, 0) is 12.1 Å². The maximum atomic E-state index is 13.5. The molecule has 1 aromatic carbocycles. The molecule has 0 saturated heterocycles. The van der Waals surface area contributed by atoms with Crippen LogP contribution in [0.25, 0.3) is 0 Å². The Labute approximate surface area is 113 Å². The summed E-state index contributed by atoms with van der Waals surface area (Å²) in [7, 11) is 0. The Bertz CT molecular complexity index is 591. The lowest BCUT2D eigenvalue weighted by atomic mass is 10.3. The molecule has 2 N–H and O–H groups in total. The number of hydrogen-bond acceptors (Lipinski definition) is 4. The lowest BCUT2D eigenvalue weighted by molar-refractivity contribution is 0.425. The molecule has 18 heavy (non-hydrogen) atoms. The third-order valence-corrected chi connectivity index (χ3v) is 2.51. The minimum Gasteiger partial charge on any atom is -0.434 e. The van der Waals surface area contributed by atoms with Gasteiger partial charge in [0.25, 0.3) is 0 Å². The highest BCUT2D eigenvalue weighted by molar-refractivity contribution is 7.80. The minimum absolute atomic E-state index is 0.0276. The Hall–Kier alpha value is -1.79. The fourth-order valence-electron chi connectivity index (χ4n) is 1.17. The summed E-state index contributed by atoms with van der Waals surface area (Å²) in [5, 5.41) is -0.0276. The van der Waals surface area contributed by atoms with Gasteiger partial charge in [0.2, 0.25) is 5.88 Å². The first-order valence-corrected chi connectivity index (χ1v) is 5.60. The molecule has 0 fully saturated rings. The van der Waals surface area contributed by atoms with Gasteiger partial charge < -0.3 is 10.5 Å². The molecule has 0 amide bonds. The summed E-state index contributed by atoms with van der Waals surface area (Å²) in [5.41, 5.74) is 5.74. The van der Waals surface area contributed by atoms with Crippen molar-refractivity contribution in [3.8, 4) is 11.6 Å². The monoisotopic (exact) mass is 283 g/mol. The topological polar surface area (TPSA) is 61.0 Å². The lowest BCUT2D eigenvalue weighted by Gasteiger charge is -2.06. The second-order valence-electron chi connectivity index (χ2n) is 3.26. The highest BCUT2D eigenvalue weighted by Gasteiger charge is 2.09. The van der Waals surface area contributed by atoms with E-state index < -0.39 is 5.82 Å². The summed E-state index contributed by atoms with van der Waals surface area (Å²) in [5.74, 6) is -0.560. The molecule has 0 aliphatic heterocycles. The van der Waals surface area contributed by atoms with Crippen LogP contribution in [0, 0.1) is 5.82 Å². The molecular formula is C11H7ClFN3OS. The number of nitrogens with two attached hydrogens (primary N) is 1. The lowest BCUT2D eigenvalue weighted by Crippen LogP contribution is -2.11. The number of benzene rings is 1. The summed E-state index contributed by atoms with van der Waals surface area (Å²) in [4.78, 5) is 7.95. The van der Waals surface area contributed by atoms with E-state index in [2.05, 4.69) is 9.97 Å². The van der Waals surface area contributed by atoms with Crippen molar-refractivity contribution in [2.45, 2.75) is 0 Å². The largest absolute Gasteiger partial charge is 0.434 e. The quantitative estimate of drug-likeness (QED) is 0.878. The molecular weight excluding hydrogens is 277 g/mol. The zero-order valence-electron chi connectivity index (χ0n) is 8.93. The van der Waals surface area contributed by atoms with Crippen LogP contribution in [0.15, 0.2) is 30.6 Å². The fourth-order valence-corrected chi connectivity index (χ4v) is 1.44. The number of thiocarbonyl (C=S) groups is 1. The normalized spacial score (nSPS) is 10.1. The number of aromatic nitrogens is 2. The van der Waals surface area contributed by atoms with Gasteiger partial charge in [-0.25, -0.2) is 14.4 Å². The zero-order valence-corrected chi connectivity index (χ0v) is 10.5. The zero-order chi connectivity index (χ0) is 13.1. The highest BCUT2D eigenvalue weighted by Crippen LogP contribution is 2.27. The average Bonchev–Trinajstić information content (AvgIpc) is 2.36. The van der Waals surface area contributed by atoms with Crippen molar-refractivity contribution in [1.82, 2.24) is 9.97 Å². The van der Waals surface area contributed by atoms with Gasteiger partial charge in [0.05, 0.1) is 17.4 Å². The van der Waals surface area contributed by atoms with E-state index in [0.717, 1.165) is 0 Å². The number of hydrogen-bond donors (Lipinski definition) is 1. The van der Waals surface area contributed by atoms with Crippen LogP contribution in [0.4, 0.5) is 4.39 Å². The van der Waals surface area contributed by atoms with Crippen LogP contribution >= 0.6 is 23.8 Å². The molecule has 4 nitrogen and oxygen atoms in total. The SMILES string of the molecule is NC(=S)c1cnc(Oc2cccc(Cl)c2F)cn1. The molecule has 92 valence electrons. The number of ether oxygens (including phenoxy) is 1.